The van der Waals surface area contributed by atoms with Gasteiger partial charge in [-0.05, 0) is 41.1 Å². The summed E-state index contributed by atoms with van der Waals surface area (Å²) in [6.07, 6.45) is 0. The van der Waals surface area contributed by atoms with E-state index in [-0.39, 0.29) is 6.61 Å². The van der Waals surface area contributed by atoms with E-state index in [0.717, 1.165) is 27.3 Å². The predicted molar refractivity (Wildman–Crippen MR) is 105 cm³/mol. The smallest absolute Gasteiger partial charge is 0.135 e. The molecular formula is C22H18O2S. The van der Waals surface area contributed by atoms with Crippen molar-refractivity contribution in [2.45, 2.75) is 9.79 Å². The molecule has 0 saturated carbocycles. The van der Waals surface area contributed by atoms with Crippen LogP contribution in [-0.4, -0.2) is 18.3 Å². The Labute approximate surface area is 151 Å². The van der Waals surface area contributed by atoms with Crippen LogP contribution in [0.25, 0.3) is 21.5 Å². The van der Waals surface area contributed by atoms with E-state index in [1.54, 1.807) is 11.8 Å². The van der Waals surface area contributed by atoms with E-state index in [0.29, 0.717) is 6.61 Å². The first-order valence-electron chi connectivity index (χ1n) is 8.27. The van der Waals surface area contributed by atoms with E-state index in [2.05, 4.69) is 48.5 Å². The van der Waals surface area contributed by atoms with E-state index in [1.807, 2.05) is 30.3 Å². The number of aliphatic hydroxyl groups excluding tert-OH is 1. The minimum atomic E-state index is 0.00315. The Morgan fingerprint density at radius 3 is 2.32 bits per heavy atom. The summed E-state index contributed by atoms with van der Waals surface area (Å²) in [7, 11) is 0. The molecule has 0 atom stereocenters. The lowest BCUT2D eigenvalue weighted by Gasteiger charge is -2.13. The molecule has 0 saturated heterocycles. The molecule has 4 aromatic carbocycles. The highest BCUT2D eigenvalue weighted by Gasteiger charge is 2.10. The van der Waals surface area contributed by atoms with Gasteiger partial charge in [0.1, 0.15) is 12.4 Å². The molecular weight excluding hydrogens is 328 g/mol. The molecule has 0 spiro atoms. The Kier molecular flexibility index (Phi) is 4.59. The van der Waals surface area contributed by atoms with E-state index >= 15 is 0 Å². The molecule has 0 radical (unpaired) electrons. The van der Waals surface area contributed by atoms with Crippen LogP contribution >= 0.6 is 11.8 Å². The third kappa shape index (κ3) is 3.34. The summed E-state index contributed by atoms with van der Waals surface area (Å²) >= 11 is 1.74. The molecule has 4 rings (SSSR count). The van der Waals surface area contributed by atoms with Gasteiger partial charge in [-0.1, -0.05) is 60.3 Å². The fourth-order valence-corrected chi connectivity index (χ4v) is 3.87. The van der Waals surface area contributed by atoms with Gasteiger partial charge < -0.3 is 9.84 Å². The average Bonchev–Trinajstić information content (AvgIpc) is 2.66. The zero-order valence-electron chi connectivity index (χ0n) is 13.7. The fraction of sp³-hybridized carbons (Fsp3) is 0.0909. The molecule has 0 fully saturated rings. The Bertz CT molecular complexity index is 1010. The van der Waals surface area contributed by atoms with E-state index < -0.39 is 0 Å². The third-order valence-corrected chi connectivity index (χ3v) is 5.10. The standard InChI is InChI=1S/C22H18O2S/c23-12-13-24-22-20-9-5-4-6-16(20)14-17-10-11-19(15-21(17)22)25-18-7-2-1-3-8-18/h1-11,14-15,23H,12-13H2. The second-order valence-corrected chi connectivity index (χ2v) is 6.94. The van der Waals surface area contributed by atoms with Crippen LogP contribution < -0.4 is 4.74 Å². The van der Waals surface area contributed by atoms with Gasteiger partial charge in [0.25, 0.3) is 0 Å². The van der Waals surface area contributed by atoms with Crippen molar-refractivity contribution in [3.63, 3.8) is 0 Å². The van der Waals surface area contributed by atoms with Gasteiger partial charge in [0, 0.05) is 20.6 Å². The molecule has 25 heavy (non-hydrogen) atoms. The van der Waals surface area contributed by atoms with Crippen LogP contribution in [0.2, 0.25) is 0 Å². The summed E-state index contributed by atoms with van der Waals surface area (Å²) < 4.78 is 5.93. The third-order valence-electron chi connectivity index (χ3n) is 4.10. The Morgan fingerprint density at radius 2 is 1.48 bits per heavy atom. The first kappa shape index (κ1) is 16.0. The van der Waals surface area contributed by atoms with E-state index in [1.165, 1.54) is 9.79 Å². The molecule has 3 heteroatoms. The second-order valence-electron chi connectivity index (χ2n) is 5.80. The van der Waals surface area contributed by atoms with E-state index in [9.17, 15) is 5.11 Å². The number of rotatable bonds is 5. The molecule has 0 unspecified atom stereocenters. The summed E-state index contributed by atoms with van der Waals surface area (Å²) in [4.78, 5) is 2.38. The number of hydrogen-bond donors (Lipinski definition) is 1. The quantitative estimate of drug-likeness (QED) is 0.483. The molecule has 0 heterocycles. The molecule has 0 bridgehead atoms. The number of fused-ring (bicyclic) bond motifs is 2. The normalized spacial score (nSPS) is 11.1. The van der Waals surface area contributed by atoms with Crippen LogP contribution in [0.1, 0.15) is 0 Å². The fourth-order valence-electron chi connectivity index (χ4n) is 2.99. The van der Waals surface area contributed by atoms with Crippen LogP contribution in [0.5, 0.6) is 5.75 Å². The maximum atomic E-state index is 9.19. The van der Waals surface area contributed by atoms with Gasteiger partial charge in [0.15, 0.2) is 0 Å². The van der Waals surface area contributed by atoms with Crippen LogP contribution in [0.3, 0.4) is 0 Å². The topological polar surface area (TPSA) is 29.5 Å². The molecule has 0 aromatic heterocycles. The Balaban J connectivity index is 1.85. The second kappa shape index (κ2) is 7.18. The SMILES string of the molecule is OCCOc1c2ccccc2cc2ccc(Sc3ccccc3)cc12. The Morgan fingerprint density at radius 1 is 0.720 bits per heavy atom. The van der Waals surface area contributed by atoms with Gasteiger partial charge in [0.2, 0.25) is 0 Å². The predicted octanol–water partition coefficient (Wildman–Crippen LogP) is 5.52. The van der Waals surface area contributed by atoms with Gasteiger partial charge in [-0.3, -0.25) is 0 Å². The largest absolute Gasteiger partial charge is 0.490 e. The van der Waals surface area contributed by atoms with Crippen molar-refractivity contribution in [1.82, 2.24) is 0 Å². The lowest BCUT2D eigenvalue weighted by atomic mass is 10.0. The summed E-state index contributed by atoms with van der Waals surface area (Å²) in [5, 5.41) is 13.6. The van der Waals surface area contributed by atoms with Crippen molar-refractivity contribution in [2.24, 2.45) is 0 Å². The highest BCUT2D eigenvalue weighted by molar-refractivity contribution is 7.99. The number of aliphatic hydroxyl groups is 1. The summed E-state index contributed by atoms with van der Waals surface area (Å²) in [5.74, 6) is 0.845. The van der Waals surface area contributed by atoms with Gasteiger partial charge in [-0.15, -0.1) is 0 Å². The highest BCUT2D eigenvalue weighted by atomic mass is 32.2. The van der Waals surface area contributed by atoms with Crippen LogP contribution in [0, 0.1) is 0 Å². The minimum Gasteiger partial charge on any atom is -0.490 e. The number of benzene rings is 4. The van der Waals surface area contributed by atoms with Gasteiger partial charge in [-0.2, -0.15) is 0 Å². The molecule has 124 valence electrons. The van der Waals surface area contributed by atoms with Crippen LogP contribution in [0.15, 0.2) is 88.7 Å². The zero-order valence-corrected chi connectivity index (χ0v) is 14.5. The number of ether oxygens (including phenoxy) is 1. The molecule has 0 aliphatic rings. The first-order valence-corrected chi connectivity index (χ1v) is 9.09. The molecule has 4 aromatic rings. The van der Waals surface area contributed by atoms with Crippen LogP contribution in [0.4, 0.5) is 0 Å². The Hall–Kier alpha value is -2.49. The zero-order chi connectivity index (χ0) is 17.1. The molecule has 2 nitrogen and oxygen atoms in total. The average molecular weight is 346 g/mol. The monoisotopic (exact) mass is 346 g/mol. The highest BCUT2D eigenvalue weighted by Crippen LogP contribution is 2.38. The lowest BCUT2D eigenvalue weighted by Crippen LogP contribution is -2.02. The van der Waals surface area contributed by atoms with Crippen molar-refractivity contribution in [1.29, 1.82) is 0 Å². The van der Waals surface area contributed by atoms with Gasteiger partial charge in [-0.25, -0.2) is 0 Å². The maximum Gasteiger partial charge on any atom is 0.135 e. The maximum absolute atomic E-state index is 9.19. The molecule has 0 amide bonds. The van der Waals surface area contributed by atoms with E-state index in [4.69, 9.17) is 4.74 Å². The molecule has 0 aliphatic carbocycles. The van der Waals surface area contributed by atoms with Crippen molar-refractivity contribution >= 4 is 33.3 Å². The van der Waals surface area contributed by atoms with Crippen molar-refractivity contribution in [3.8, 4) is 5.75 Å². The molecule has 1 N–H and O–H groups in total. The molecule has 0 aliphatic heterocycles. The van der Waals surface area contributed by atoms with Crippen molar-refractivity contribution in [3.05, 3.63) is 78.9 Å². The van der Waals surface area contributed by atoms with Gasteiger partial charge >= 0.3 is 0 Å². The lowest BCUT2D eigenvalue weighted by molar-refractivity contribution is 0.204. The minimum absolute atomic E-state index is 0.00315. The number of hydrogen-bond acceptors (Lipinski definition) is 3. The van der Waals surface area contributed by atoms with Crippen molar-refractivity contribution in [2.75, 3.05) is 13.2 Å². The van der Waals surface area contributed by atoms with Crippen molar-refractivity contribution < 1.29 is 9.84 Å². The summed E-state index contributed by atoms with van der Waals surface area (Å²) in [6.45, 7) is 0.294. The summed E-state index contributed by atoms with van der Waals surface area (Å²) in [5.41, 5.74) is 0. The first-order chi connectivity index (χ1) is 12.3. The van der Waals surface area contributed by atoms with Gasteiger partial charge in [0.05, 0.1) is 6.61 Å². The van der Waals surface area contributed by atoms with Crippen LogP contribution in [-0.2, 0) is 0 Å². The summed E-state index contributed by atoms with van der Waals surface area (Å²) in [6, 6.07) is 27.2.